The normalized spacial score (nSPS) is 10.4. The molecule has 5 heteroatoms. The number of pyridine rings is 1. The van der Waals surface area contributed by atoms with Gasteiger partial charge in [-0.3, -0.25) is 4.98 Å². The third-order valence-corrected chi connectivity index (χ3v) is 3.23. The number of guanidine groups is 1. The molecular weight excluding hydrogens is 262 g/mol. The van der Waals surface area contributed by atoms with Crippen LogP contribution in [0.3, 0.4) is 0 Å². The first-order chi connectivity index (χ1) is 9.91. The van der Waals surface area contributed by atoms with Crippen molar-refractivity contribution in [2.45, 2.75) is 0 Å². The number of benzene rings is 1. The molecule has 21 heavy (non-hydrogen) atoms. The highest BCUT2D eigenvalue weighted by Crippen LogP contribution is 2.30. The lowest BCUT2D eigenvalue weighted by Gasteiger charge is -2.23. The van der Waals surface area contributed by atoms with Crippen molar-refractivity contribution in [1.82, 2.24) is 14.8 Å². The van der Waals surface area contributed by atoms with Gasteiger partial charge in [0.2, 0.25) is 5.96 Å². The topological polar surface area (TPSA) is 35.0 Å². The number of aliphatic imine (C=N–C) groups is 1. The molecule has 0 radical (unpaired) electrons. The first kappa shape index (κ1) is 15.1. The SMILES string of the molecule is CN(C)C(=Nc1cccc2c(N(C)C)ccnc12)N(C)C. The molecule has 0 saturated carbocycles. The summed E-state index contributed by atoms with van der Waals surface area (Å²) in [5, 5.41) is 1.11. The van der Waals surface area contributed by atoms with Crippen LogP contribution in [0, 0.1) is 0 Å². The summed E-state index contributed by atoms with van der Waals surface area (Å²) in [5.74, 6) is 0.888. The lowest BCUT2D eigenvalue weighted by molar-refractivity contribution is 0.484. The van der Waals surface area contributed by atoms with E-state index in [0.717, 1.165) is 28.2 Å². The highest BCUT2D eigenvalue weighted by molar-refractivity contribution is 5.99. The summed E-state index contributed by atoms with van der Waals surface area (Å²) in [4.78, 5) is 15.4. The number of nitrogens with zero attached hydrogens (tertiary/aromatic N) is 5. The second-order valence-electron chi connectivity index (χ2n) is 5.60. The van der Waals surface area contributed by atoms with Crippen LogP contribution in [-0.4, -0.2) is 63.0 Å². The number of para-hydroxylation sites is 1. The molecule has 0 spiro atoms. The van der Waals surface area contributed by atoms with Crippen molar-refractivity contribution in [2.24, 2.45) is 4.99 Å². The van der Waals surface area contributed by atoms with E-state index in [1.165, 1.54) is 0 Å². The maximum atomic E-state index is 4.77. The zero-order valence-electron chi connectivity index (χ0n) is 13.6. The van der Waals surface area contributed by atoms with Crippen LogP contribution in [0.4, 0.5) is 11.4 Å². The minimum atomic E-state index is 0.883. The van der Waals surface area contributed by atoms with Crippen molar-refractivity contribution in [3.8, 4) is 0 Å². The van der Waals surface area contributed by atoms with E-state index >= 15 is 0 Å². The van der Waals surface area contributed by atoms with Crippen LogP contribution in [0.15, 0.2) is 35.5 Å². The Labute approximate surface area is 126 Å². The predicted molar refractivity (Wildman–Crippen MR) is 90.5 cm³/mol. The lowest BCUT2D eigenvalue weighted by Crippen LogP contribution is -2.35. The summed E-state index contributed by atoms with van der Waals surface area (Å²) >= 11 is 0. The van der Waals surface area contributed by atoms with Gasteiger partial charge in [-0.15, -0.1) is 0 Å². The third-order valence-electron chi connectivity index (χ3n) is 3.23. The highest BCUT2D eigenvalue weighted by atomic mass is 15.3. The van der Waals surface area contributed by atoms with E-state index in [1.807, 2.05) is 76.5 Å². The van der Waals surface area contributed by atoms with Crippen molar-refractivity contribution in [3.63, 3.8) is 0 Å². The maximum absolute atomic E-state index is 4.77. The average molecular weight is 285 g/mol. The minimum absolute atomic E-state index is 0.883. The second-order valence-corrected chi connectivity index (χ2v) is 5.60. The first-order valence-corrected chi connectivity index (χ1v) is 6.90. The van der Waals surface area contributed by atoms with Crippen LogP contribution in [0.5, 0.6) is 0 Å². The van der Waals surface area contributed by atoms with Gasteiger partial charge in [-0.2, -0.15) is 0 Å². The summed E-state index contributed by atoms with van der Waals surface area (Å²) < 4.78 is 0. The molecule has 0 fully saturated rings. The van der Waals surface area contributed by atoms with Crippen molar-refractivity contribution in [3.05, 3.63) is 30.5 Å². The van der Waals surface area contributed by atoms with E-state index in [0.29, 0.717) is 0 Å². The van der Waals surface area contributed by atoms with Gasteiger partial charge in [0.15, 0.2) is 0 Å². The Morgan fingerprint density at radius 3 is 2.19 bits per heavy atom. The predicted octanol–water partition coefficient (Wildman–Crippen LogP) is 2.41. The Hall–Kier alpha value is -2.30. The van der Waals surface area contributed by atoms with Crippen LogP contribution in [0.1, 0.15) is 0 Å². The molecule has 2 aromatic rings. The van der Waals surface area contributed by atoms with Crippen molar-refractivity contribution in [2.75, 3.05) is 47.2 Å². The quantitative estimate of drug-likeness (QED) is 0.627. The lowest BCUT2D eigenvalue weighted by atomic mass is 10.1. The van der Waals surface area contributed by atoms with Crippen molar-refractivity contribution >= 4 is 28.2 Å². The zero-order valence-corrected chi connectivity index (χ0v) is 13.6. The van der Waals surface area contributed by atoms with Crippen molar-refractivity contribution in [1.29, 1.82) is 0 Å². The van der Waals surface area contributed by atoms with Gasteiger partial charge in [0.25, 0.3) is 0 Å². The number of hydrogen-bond donors (Lipinski definition) is 0. The van der Waals surface area contributed by atoms with Gasteiger partial charge in [0.1, 0.15) is 0 Å². The van der Waals surface area contributed by atoms with Gasteiger partial charge in [0, 0.05) is 59.6 Å². The van der Waals surface area contributed by atoms with Crippen molar-refractivity contribution < 1.29 is 0 Å². The smallest absolute Gasteiger partial charge is 0.200 e. The summed E-state index contributed by atoms with van der Waals surface area (Å²) in [6.07, 6.45) is 1.84. The molecule has 1 heterocycles. The molecule has 0 atom stereocenters. The Kier molecular flexibility index (Phi) is 4.31. The Bertz CT molecular complexity index is 649. The molecule has 0 aliphatic rings. The summed E-state index contributed by atoms with van der Waals surface area (Å²) in [5.41, 5.74) is 2.95. The molecule has 1 aromatic carbocycles. The molecule has 0 N–H and O–H groups in total. The van der Waals surface area contributed by atoms with Crippen LogP contribution in [-0.2, 0) is 0 Å². The fourth-order valence-electron chi connectivity index (χ4n) is 2.33. The van der Waals surface area contributed by atoms with E-state index in [2.05, 4.69) is 16.0 Å². The Morgan fingerprint density at radius 2 is 1.62 bits per heavy atom. The molecule has 0 saturated heterocycles. The minimum Gasteiger partial charge on any atom is -0.377 e. The fraction of sp³-hybridized carbons (Fsp3) is 0.375. The highest BCUT2D eigenvalue weighted by Gasteiger charge is 2.10. The van der Waals surface area contributed by atoms with E-state index in [4.69, 9.17) is 4.99 Å². The zero-order chi connectivity index (χ0) is 15.6. The van der Waals surface area contributed by atoms with E-state index in [-0.39, 0.29) is 0 Å². The number of aromatic nitrogens is 1. The molecule has 0 aliphatic heterocycles. The number of anilines is 1. The molecular formula is C16H23N5. The molecule has 0 aliphatic carbocycles. The summed E-state index contributed by atoms with van der Waals surface area (Å²) in [7, 11) is 12.0. The fourth-order valence-corrected chi connectivity index (χ4v) is 2.33. The maximum Gasteiger partial charge on any atom is 0.200 e. The van der Waals surface area contributed by atoms with E-state index in [1.54, 1.807) is 0 Å². The number of rotatable bonds is 2. The molecule has 0 unspecified atom stereocenters. The largest absolute Gasteiger partial charge is 0.377 e. The summed E-state index contributed by atoms with van der Waals surface area (Å²) in [6.45, 7) is 0. The standard InChI is InChI=1S/C16H23N5/c1-19(2)14-10-11-17-15-12(14)8-7-9-13(15)18-16(20(3)4)21(5)6/h7-11H,1-6H3. The Balaban J connectivity index is 2.66. The van der Waals surface area contributed by atoms with Gasteiger partial charge >= 0.3 is 0 Å². The molecule has 0 amide bonds. The van der Waals surface area contributed by atoms with Crippen LogP contribution in [0.25, 0.3) is 10.9 Å². The third kappa shape index (κ3) is 3.07. The van der Waals surface area contributed by atoms with E-state index in [9.17, 15) is 0 Å². The molecule has 0 bridgehead atoms. The van der Waals surface area contributed by atoms with Gasteiger partial charge in [-0.1, -0.05) is 12.1 Å². The molecule has 2 rings (SSSR count). The number of hydrogen-bond acceptors (Lipinski definition) is 3. The van der Waals surface area contributed by atoms with Crippen LogP contribution >= 0.6 is 0 Å². The average Bonchev–Trinajstić information content (AvgIpc) is 2.43. The molecule has 5 nitrogen and oxygen atoms in total. The summed E-state index contributed by atoms with van der Waals surface area (Å²) in [6, 6.07) is 8.14. The molecule has 112 valence electrons. The van der Waals surface area contributed by atoms with Gasteiger partial charge in [0.05, 0.1) is 11.2 Å². The Morgan fingerprint density at radius 1 is 0.952 bits per heavy atom. The monoisotopic (exact) mass is 285 g/mol. The van der Waals surface area contributed by atoms with Crippen LogP contribution < -0.4 is 4.90 Å². The number of fused-ring (bicyclic) bond motifs is 1. The van der Waals surface area contributed by atoms with Crippen LogP contribution in [0.2, 0.25) is 0 Å². The molecule has 1 aromatic heterocycles. The van der Waals surface area contributed by atoms with Gasteiger partial charge in [-0.25, -0.2) is 4.99 Å². The first-order valence-electron chi connectivity index (χ1n) is 6.90. The van der Waals surface area contributed by atoms with E-state index < -0.39 is 0 Å². The second kappa shape index (κ2) is 5.99. The van der Waals surface area contributed by atoms with Gasteiger partial charge < -0.3 is 14.7 Å². The van der Waals surface area contributed by atoms with Gasteiger partial charge in [-0.05, 0) is 12.1 Å².